The Bertz CT molecular complexity index is 728. The predicted octanol–water partition coefficient (Wildman–Crippen LogP) is 5.03. The molecule has 6 heteroatoms. The van der Waals surface area contributed by atoms with Gasteiger partial charge in [-0.2, -0.15) is 5.10 Å². The summed E-state index contributed by atoms with van der Waals surface area (Å²) in [6.45, 7) is 5.35. The van der Waals surface area contributed by atoms with Gasteiger partial charge in [0.15, 0.2) is 0 Å². The number of ether oxygens (including phenoxy) is 2. The molecule has 6 nitrogen and oxygen atoms in total. The van der Waals surface area contributed by atoms with Gasteiger partial charge in [0.25, 0.3) is 0 Å². The third-order valence-corrected chi connectivity index (χ3v) is 5.54. The number of aromatic amines is 1. The fourth-order valence-electron chi connectivity index (χ4n) is 3.81. The van der Waals surface area contributed by atoms with Crippen LogP contribution in [0.15, 0.2) is 30.6 Å². The number of carbonyl (C=O) groups excluding carboxylic acids is 1. The molecule has 2 heterocycles. The van der Waals surface area contributed by atoms with Gasteiger partial charge in [-0.05, 0) is 55.7 Å². The van der Waals surface area contributed by atoms with E-state index >= 15 is 0 Å². The summed E-state index contributed by atoms with van der Waals surface area (Å²) in [5.41, 5.74) is 1.75. The van der Waals surface area contributed by atoms with Crippen LogP contribution in [-0.2, 0) is 9.53 Å². The van der Waals surface area contributed by atoms with E-state index in [2.05, 4.69) is 29.0 Å². The van der Waals surface area contributed by atoms with Crippen LogP contribution in [0.3, 0.4) is 0 Å². The van der Waals surface area contributed by atoms with E-state index in [-0.39, 0.29) is 11.9 Å². The molecular weight excluding hydrogens is 366 g/mol. The molecule has 0 spiro atoms. The van der Waals surface area contributed by atoms with Gasteiger partial charge in [-0.15, -0.1) is 0 Å². The molecule has 1 aliphatic rings. The fourth-order valence-corrected chi connectivity index (χ4v) is 3.81. The highest BCUT2D eigenvalue weighted by atomic mass is 16.5. The number of nitrogens with one attached hydrogen (secondary N) is 1. The van der Waals surface area contributed by atoms with Crippen molar-refractivity contribution in [3.8, 4) is 17.1 Å². The Balaban J connectivity index is 1.41. The molecule has 29 heavy (non-hydrogen) atoms. The van der Waals surface area contributed by atoms with E-state index in [0.717, 1.165) is 49.2 Å². The minimum atomic E-state index is -0.000897. The molecule has 2 atom stereocenters. The first-order valence-electron chi connectivity index (χ1n) is 10.9. The lowest BCUT2D eigenvalue weighted by molar-refractivity contribution is -0.150. The minimum Gasteiger partial charge on any atom is -0.492 e. The zero-order chi connectivity index (χ0) is 20.5. The summed E-state index contributed by atoms with van der Waals surface area (Å²) in [6.07, 6.45) is 11.0. The Hall–Kier alpha value is -2.37. The molecule has 0 bridgehead atoms. The summed E-state index contributed by atoms with van der Waals surface area (Å²) in [5.74, 6) is 1.85. The highest BCUT2D eigenvalue weighted by molar-refractivity contribution is 5.72. The smallest absolute Gasteiger partial charge is 0.308 e. The van der Waals surface area contributed by atoms with Crippen LogP contribution in [0, 0.1) is 17.8 Å². The average molecular weight is 400 g/mol. The third kappa shape index (κ3) is 6.87. The zero-order valence-corrected chi connectivity index (χ0v) is 17.6. The lowest BCUT2D eigenvalue weighted by atomic mass is 9.84. The van der Waals surface area contributed by atoms with Crippen molar-refractivity contribution in [1.82, 2.24) is 15.2 Å². The first kappa shape index (κ1) is 21.3. The number of hydrogen-bond acceptors (Lipinski definition) is 5. The highest BCUT2D eigenvalue weighted by Crippen LogP contribution is 2.29. The number of H-pyrrole nitrogens is 1. The summed E-state index contributed by atoms with van der Waals surface area (Å²) in [5, 5.41) is 6.85. The van der Waals surface area contributed by atoms with E-state index in [4.69, 9.17) is 9.47 Å². The predicted molar refractivity (Wildman–Crippen MR) is 112 cm³/mol. The minimum absolute atomic E-state index is 0.000897. The topological polar surface area (TPSA) is 77.1 Å². The van der Waals surface area contributed by atoms with Crippen molar-refractivity contribution in [2.45, 2.75) is 58.8 Å². The van der Waals surface area contributed by atoms with E-state index in [1.807, 2.05) is 18.2 Å². The number of carbonyl (C=O) groups is 1. The van der Waals surface area contributed by atoms with Crippen LogP contribution in [0.5, 0.6) is 5.75 Å². The SMILES string of the molecule is CC(C)COC(=O)C1CCCCC(CCOc2ccc(-c3ccn[nH]3)nc2)CC1. The molecule has 1 aliphatic carbocycles. The van der Waals surface area contributed by atoms with Crippen molar-refractivity contribution in [3.63, 3.8) is 0 Å². The average Bonchev–Trinajstić information content (AvgIpc) is 3.23. The first-order chi connectivity index (χ1) is 14.1. The lowest BCUT2D eigenvalue weighted by Gasteiger charge is -2.24. The second-order valence-corrected chi connectivity index (χ2v) is 8.44. The molecule has 1 saturated carbocycles. The first-order valence-corrected chi connectivity index (χ1v) is 10.9. The van der Waals surface area contributed by atoms with Crippen LogP contribution < -0.4 is 4.74 Å². The highest BCUT2D eigenvalue weighted by Gasteiger charge is 2.24. The molecule has 1 N–H and O–H groups in total. The third-order valence-electron chi connectivity index (χ3n) is 5.54. The largest absolute Gasteiger partial charge is 0.492 e. The van der Waals surface area contributed by atoms with Gasteiger partial charge < -0.3 is 9.47 Å². The van der Waals surface area contributed by atoms with E-state index in [1.165, 1.54) is 12.8 Å². The normalized spacial score (nSPS) is 20.1. The Morgan fingerprint density at radius 3 is 2.76 bits per heavy atom. The van der Waals surface area contributed by atoms with Gasteiger partial charge in [0.2, 0.25) is 0 Å². The lowest BCUT2D eigenvalue weighted by Crippen LogP contribution is -2.22. The second kappa shape index (κ2) is 11.0. The number of rotatable bonds is 8. The maximum absolute atomic E-state index is 12.3. The molecule has 3 rings (SSSR count). The molecule has 0 aliphatic heterocycles. The number of pyridine rings is 1. The van der Waals surface area contributed by atoms with Crippen molar-refractivity contribution in [3.05, 3.63) is 30.6 Å². The van der Waals surface area contributed by atoms with Crippen LogP contribution in [-0.4, -0.2) is 34.4 Å². The van der Waals surface area contributed by atoms with Crippen molar-refractivity contribution < 1.29 is 14.3 Å². The molecule has 2 aromatic rings. The van der Waals surface area contributed by atoms with Crippen LogP contribution in [0.1, 0.15) is 58.8 Å². The van der Waals surface area contributed by atoms with Crippen molar-refractivity contribution in [1.29, 1.82) is 0 Å². The van der Waals surface area contributed by atoms with E-state index in [9.17, 15) is 4.79 Å². The Morgan fingerprint density at radius 1 is 1.17 bits per heavy atom. The molecule has 0 amide bonds. The van der Waals surface area contributed by atoms with Gasteiger partial charge in [0.1, 0.15) is 5.75 Å². The van der Waals surface area contributed by atoms with Gasteiger partial charge in [-0.25, -0.2) is 0 Å². The maximum Gasteiger partial charge on any atom is 0.308 e. The van der Waals surface area contributed by atoms with Crippen molar-refractivity contribution in [2.24, 2.45) is 17.8 Å². The van der Waals surface area contributed by atoms with Crippen LogP contribution >= 0.6 is 0 Å². The number of esters is 1. The molecule has 158 valence electrons. The Labute approximate surface area is 173 Å². The summed E-state index contributed by atoms with van der Waals surface area (Å²) in [7, 11) is 0. The summed E-state index contributed by atoms with van der Waals surface area (Å²) >= 11 is 0. The molecule has 2 aromatic heterocycles. The monoisotopic (exact) mass is 399 g/mol. The van der Waals surface area contributed by atoms with Gasteiger partial charge >= 0.3 is 5.97 Å². The zero-order valence-electron chi connectivity index (χ0n) is 17.6. The van der Waals surface area contributed by atoms with Gasteiger partial charge in [-0.1, -0.05) is 33.1 Å². The number of nitrogens with zero attached hydrogens (tertiary/aromatic N) is 2. The maximum atomic E-state index is 12.3. The molecule has 2 unspecified atom stereocenters. The number of aromatic nitrogens is 3. The molecule has 0 radical (unpaired) electrons. The van der Waals surface area contributed by atoms with Gasteiger partial charge in [-0.3, -0.25) is 14.9 Å². The van der Waals surface area contributed by atoms with Gasteiger partial charge in [0, 0.05) is 6.20 Å². The summed E-state index contributed by atoms with van der Waals surface area (Å²) in [6, 6.07) is 5.78. The second-order valence-electron chi connectivity index (χ2n) is 8.44. The van der Waals surface area contributed by atoms with Crippen molar-refractivity contribution in [2.75, 3.05) is 13.2 Å². The van der Waals surface area contributed by atoms with Crippen molar-refractivity contribution >= 4 is 5.97 Å². The van der Waals surface area contributed by atoms with E-state index < -0.39 is 0 Å². The Kier molecular flexibility index (Phi) is 8.08. The molecule has 0 aromatic carbocycles. The van der Waals surface area contributed by atoms with Gasteiger partial charge in [0.05, 0.1) is 36.7 Å². The summed E-state index contributed by atoms with van der Waals surface area (Å²) in [4.78, 5) is 16.8. The summed E-state index contributed by atoms with van der Waals surface area (Å²) < 4.78 is 11.4. The van der Waals surface area contributed by atoms with E-state index in [0.29, 0.717) is 25.0 Å². The van der Waals surface area contributed by atoms with Crippen LogP contribution in [0.4, 0.5) is 0 Å². The fraction of sp³-hybridized carbons (Fsp3) is 0.609. The quantitative estimate of drug-likeness (QED) is 0.630. The molecular formula is C23H33N3O3. The number of hydrogen-bond donors (Lipinski definition) is 1. The molecule has 0 saturated heterocycles. The molecule has 1 fully saturated rings. The van der Waals surface area contributed by atoms with E-state index in [1.54, 1.807) is 12.4 Å². The van der Waals surface area contributed by atoms with Crippen LogP contribution in [0.2, 0.25) is 0 Å². The van der Waals surface area contributed by atoms with Crippen LogP contribution in [0.25, 0.3) is 11.4 Å². The Morgan fingerprint density at radius 2 is 2.03 bits per heavy atom. The standard InChI is InChI=1S/C23H33N3O3/c1-17(2)16-29-23(27)19-6-4-3-5-18(7-8-19)12-14-28-20-9-10-21(24-15-20)22-11-13-25-26-22/h9-11,13,15,17-19H,3-8,12,14,16H2,1-2H3,(H,25,26).